The summed E-state index contributed by atoms with van der Waals surface area (Å²) in [6, 6.07) is 20.1. The van der Waals surface area contributed by atoms with Gasteiger partial charge in [0.15, 0.2) is 0 Å². The van der Waals surface area contributed by atoms with Gasteiger partial charge in [0, 0.05) is 19.0 Å². The summed E-state index contributed by atoms with van der Waals surface area (Å²) < 4.78 is 40.2. The molecule has 2 unspecified atom stereocenters. The number of anilines is 1. The van der Waals surface area contributed by atoms with Gasteiger partial charge in [0.25, 0.3) is 0 Å². The lowest BCUT2D eigenvalue weighted by Gasteiger charge is -2.34. The van der Waals surface area contributed by atoms with Crippen LogP contribution >= 0.6 is 11.6 Å². The topological polar surface area (TPSA) is 86.8 Å². The lowest BCUT2D eigenvalue weighted by atomic mass is 10.0. The molecule has 3 aromatic rings. The molecule has 1 N–H and O–H groups in total. The molecule has 0 spiro atoms. The summed E-state index contributed by atoms with van der Waals surface area (Å²) in [4.78, 5) is 28.9. The Balaban J connectivity index is 2.06. The fourth-order valence-electron chi connectivity index (χ4n) is 4.03. The van der Waals surface area contributed by atoms with E-state index in [9.17, 15) is 22.4 Å². The van der Waals surface area contributed by atoms with Gasteiger partial charge in [-0.25, -0.2) is 12.8 Å². The van der Waals surface area contributed by atoms with Gasteiger partial charge in [-0.3, -0.25) is 13.9 Å². The molecule has 0 bridgehead atoms. The molecule has 0 aliphatic rings. The number of nitrogens with one attached hydrogen (secondary N) is 1. The number of carbonyl (C=O) groups excluding carboxylic acids is 2. The standard InChI is InChI=1S/C29H33ClFN3O4S/c1-4-21(2)32-29(36)27(18-22-10-6-5-7-11-22)33(19-23-14-16-24(31)17-15-23)28(35)20-34(39(3,37)38)26-13-9-8-12-25(26)30/h5-17,21,27H,4,18-20H2,1-3H3,(H,32,36). The van der Waals surface area contributed by atoms with E-state index in [-0.39, 0.29) is 35.6 Å². The van der Waals surface area contributed by atoms with Crippen molar-refractivity contribution in [2.75, 3.05) is 17.1 Å². The Morgan fingerprint density at radius 2 is 1.56 bits per heavy atom. The van der Waals surface area contributed by atoms with Crippen molar-refractivity contribution in [1.82, 2.24) is 10.2 Å². The summed E-state index contributed by atoms with van der Waals surface area (Å²) in [5.41, 5.74) is 1.56. The average molecular weight is 574 g/mol. The molecular weight excluding hydrogens is 541 g/mol. The van der Waals surface area contributed by atoms with E-state index in [0.717, 1.165) is 16.1 Å². The van der Waals surface area contributed by atoms with Gasteiger partial charge in [0.05, 0.1) is 17.0 Å². The lowest BCUT2D eigenvalue weighted by molar-refractivity contribution is -0.140. The van der Waals surface area contributed by atoms with E-state index in [4.69, 9.17) is 11.6 Å². The fourth-order valence-corrected chi connectivity index (χ4v) is 5.18. The molecule has 2 amide bonds. The molecule has 7 nitrogen and oxygen atoms in total. The van der Waals surface area contributed by atoms with Gasteiger partial charge in [-0.05, 0) is 48.7 Å². The van der Waals surface area contributed by atoms with Gasteiger partial charge in [0.1, 0.15) is 18.4 Å². The number of benzene rings is 3. The highest BCUT2D eigenvalue weighted by molar-refractivity contribution is 7.92. The van der Waals surface area contributed by atoms with Crippen molar-refractivity contribution in [3.05, 3.63) is 101 Å². The predicted octanol–water partition coefficient (Wildman–Crippen LogP) is 4.80. The molecule has 208 valence electrons. The van der Waals surface area contributed by atoms with Crippen LogP contribution in [-0.2, 0) is 32.6 Å². The summed E-state index contributed by atoms with van der Waals surface area (Å²) in [6.07, 6.45) is 1.87. The van der Waals surface area contributed by atoms with Crippen molar-refractivity contribution in [2.24, 2.45) is 0 Å². The second-order valence-electron chi connectivity index (χ2n) is 9.39. The zero-order valence-corrected chi connectivity index (χ0v) is 23.8. The summed E-state index contributed by atoms with van der Waals surface area (Å²) in [5, 5.41) is 3.12. The van der Waals surface area contributed by atoms with E-state index in [1.165, 1.54) is 41.3 Å². The largest absolute Gasteiger partial charge is 0.352 e. The van der Waals surface area contributed by atoms with Crippen LogP contribution in [0.15, 0.2) is 78.9 Å². The number of sulfonamides is 1. The van der Waals surface area contributed by atoms with E-state index in [1.54, 1.807) is 12.1 Å². The molecule has 10 heteroatoms. The van der Waals surface area contributed by atoms with E-state index in [0.29, 0.717) is 12.0 Å². The molecule has 39 heavy (non-hydrogen) atoms. The zero-order chi connectivity index (χ0) is 28.6. The fraction of sp³-hybridized carbons (Fsp3) is 0.310. The molecule has 0 saturated carbocycles. The Labute approximate surface area is 234 Å². The second-order valence-corrected chi connectivity index (χ2v) is 11.7. The molecule has 0 aliphatic heterocycles. The number of rotatable bonds is 12. The van der Waals surface area contributed by atoms with Gasteiger partial charge in [0.2, 0.25) is 21.8 Å². The highest BCUT2D eigenvalue weighted by Gasteiger charge is 2.33. The van der Waals surface area contributed by atoms with E-state index >= 15 is 0 Å². The number of hydrogen-bond acceptors (Lipinski definition) is 4. The summed E-state index contributed by atoms with van der Waals surface area (Å²) >= 11 is 6.30. The van der Waals surface area contributed by atoms with Crippen LogP contribution < -0.4 is 9.62 Å². The average Bonchev–Trinajstić information content (AvgIpc) is 2.90. The van der Waals surface area contributed by atoms with Crippen LogP contribution in [0.5, 0.6) is 0 Å². The minimum Gasteiger partial charge on any atom is -0.352 e. The molecule has 2 atom stereocenters. The second kappa shape index (κ2) is 13.6. The first-order valence-corrected chi connectivity index (χ1v) is 14.8. The van der Waals surface area contributed by atoms with Gasteiger partial charge in [-0.1, -0.05) is 73.1 Å². The van der Waals surface area contributed by atoms with E-state index in [1.807, 2.05) is 44.2 Å². The molecule has 0 radical (unpaired) electrons. The first-order chi connectivity index (χ1) is 18.5. The molecule has 0 fully saturated rings. The maximum Gasteiger partial charge on any atom is 0.244 e. The third-order valence-corrected chi connectivity index (χ3v) is 7.78. The van der Waals surface area contributed by atoms with Crippen molar-refractivity contribution in [2.45, 2.75) is 45.3 Å². The zero-order valence-electron chi connectivity index (χ0n) is 22.2. The molecule has 0 heterocycles. The van der Waals surface area contributed by atoms with Crippen LogP contribution in [0, 0.1) is 5.82 Å². The molecule has 0 aromatic heterocycles. The smallest absolute Gasteiger partial charge is 0.244 e. The number of halogens is 2. The van der Waals surface area contributed by atoms with E-state index < -0.39 is 34.3 Å². The Morgan fingerprint density at radius 3 is 2.15 bits per heavy atom. The summed E-state index contributed by atoms with van der Waals surface area (Å²) in [6.45, 7) is 3.19. The number of hydrogen-bond donors (Lipinski definition) is 1. The molecular formula is C29H33ClFN3O4S. The Hall–Kier alpha value is -3.43. The molecule has 0 saturated heterocycles. The third kappa shape index (κ3) is 8.53. The van der Waals surface area contributed by atoms with Crippen LogP contribution in [0.1, 0.15) is 31.4 Å². The Kier molecular flexibility index (Phi) is 10.5. The normalized spacial score (nSPS) is 12.8. The van der Waals surface area contributed by atoms with Crippen molar-refractivity contribution in [3.8, 4) is 0 Å². The van der Waals surface area contributed by atoms with Crippen LogP contribution in [0.25, 0.3) is 0 Å². The van der Waals surface area contributed by atoms with Crippen molar-refractivity contribution in [1.29, 1.82) is 0 Å². The van der Waals surface area contributed by atoms with Crippen molar-refractivity contribution in [3.63, 3.8) is 0 Å². The maximum absolute atomic E-state index is 14.0. The maximum atomic E-state index is 14.0. The number of nitrogens with zero attached hydrogens (tertiary/aromatic N) is 2. The molecule has 3 aromatic carbocycles. The van der Waals surface area contributed by atoms with E-state index in [2.05, 4.69) is 5.32 Å². The van der Waals surface area contributed by atoms with Crippen LogP contribution in [0.3, 0.4) is 0 Å². The first kappa shape index (κ1) is 30.1. The Morgan fingerprint density at radius 1 is 0.949 bits per heavy atom. The van der Waals surface area contributed by atoms with Crippen LogP contribution in [0.2, 0.25) is 5.02 Å². The van der Waals surface area contributed by atoms with Crippen molar-refractivity contribution >= 4 is 39.1 Å². The third-order valence-electron chi connectivity index (χ3n) is 6.34. The van der Waals surface area contributed by atoms with Crippen molar-refractivity contribution < 1.29 is 22.4 Å². The SMILES string of the molecule is CCC(C)NC(=O)C(Cc1ccccc1)N(Cc1ccc(F)cc1)C(=O)CN(c1ccccc1Cl)S(C)(=O)=O. The molecule has 3 rings (SSSR count). The van der Waals surface area contributed by atoms with Gasteiger partial charge >= 0.3 is 0 Å². The highest BCUT2D eigenvalue weighted by atomic mass is 35.5. The van der Waals surface area contributed by atoms with Gasteiger partial charge in [-0.15, -0.1) is 0 Å². The minimum atomic E-state index is -3.92. The highest BCUT2D eigenvalue weighted by Crippen LogP contribution is 2.27. The number of carbonyl (C=O) groups is 2. The first-order valence-electron chi connectivity index (χ1n) is 12.6. The van der Waals surface area contributed by atoms with Crippen LogP contribution in [0.4, 0.5) is 10.1 Å². The molecule has 0 aliphatic carbocycles. The summed E-state index contributed by atoms with van der Waals surface area (Å²) in [5.74, 6) is -1.41. The van der Waals surface area contributed by atoms with Gasteiger partial charge in [-0.2, -0.15) is 0 Å². The number of amides is 2. The minimum absolute atomic E-state index is 0.0370. The quantitative estimate of drug-likeness (QED) is 0.337. The predicted molar refractivity (Wildman–Crippen MR) is 152 cm³/mol. The van der Waals surface area contributed by atoms with Gasteiger partial charge < -0.3 is 10.2 Å². The Bertz CT molecular complexity index is 1370. The monoisotopic (exact) mass is 573 g/mol. The number of para-hydroxylation sites is 1. The lowest BCUT2D eigenvalue weighted by Crippen LogP contribution is -2.54. The summed E-state index contributed by atoms with van der Waals surface area (Å²) in [7, 11) is -3.92. The van der Waals surface area contributed by atoms with Crippen LogP contribution in [-0.4, -0.2) is 50.0 Å².